The van der Waals surface area contributed by atoms with E-state index < -0.39 is 4.92 Å². The predicted molar refractivity (Wildman–Crippen MR) is 79.7 cm³/mol. The fourth-order valence-electron chi connectivity index (χ4n) is 1.91. The Kier molecular flexibility index (Phi) is 4.62. The molecule has 0 aromatic carbocycles. The summed E-state index contributed by atoms with van der Waals surface area (Å²) < 4.78 is 0. The Labute approximate surface area is 121 Å². The third-order valence-corrected chi connectivity index (χ3v) is 2.98. The maximum atomic E-state index is 11.0. The van der Waals surface area contributed by atoms with Gasteiger partial charge in [-0.3, -0.25) is 15.1 Å². The minimum atomic E-state index is -0.466. The van der Waals surface area contributed by atoms with Gasteiger partial charge in [0.2, 0.25) is 0 Å². The van der Waals surface area contributed by atoms with Crippen LogP contribution in [0.4, 0.5) is 17.3 Å². The maximum Gasteiger partial charge on any atom is 0.276 e. The van der Waals surface area contributed by atoms with Crippen LogP contribution < -0.4 is 16.2 Å². The van der Waals surface area contributed by atoms with E-state index in [4.69, 9.17) is 5.84 Å². The molecular formula is C13H16N6O2. The van der Waals surface area contributed by atoms with Crippen molar-refractivity contribution in [3.8, 4) is 0 Å². The van der Waals surface area contributed by atoms with E-state index >= 15 is 0 Å². The quantitative estimate of drug-likeness (QED) is 0.472. The van der Waals surface area contributed by atoms with Crippen LogP contribution in [0.3, 0.4) is 0 Å². The fourth-order valence-corrected chi connectivity index (χ4v) is 1.91. The number of hydrogen-bond acceptors (Lipinski definition) is 7. The molecule has 0 aliphatic rings. The Morgan fingerprint density at radius 1 is 1.38 bits per heavy atom. The van der Waals surface area contributed by atoms with E-state index in [2.05, 4.69) is 15.4 Å². The number of nitrogen functional groups attached to an aromatic ring is 1. The molecule has 0 fully saturated rings. The molecule has 2 aromatic rings. The van der Waals surface area contributed by atoms with Gasteiger partial charge in [-0.1, -0.05) is 0 Å². The van der Waals surface area contributed by atoms with E-state index in [1.54, 1.807) is 12.4 Å². The maximum absolute atomic E-state index is 11.0. The molecule has 21 heavy (non-hydrogen) atoms. The monoisotopic (exact) mass is 288 g/mol. The Balaban J connectivity index is 2.32. The largest absolute Gasteiger partial charge is 0.352 e. The summed E-state index contributed by atoms with van der Waals surface area (Å²) in [7, 11) is 0. The van der Waals surface area contributed by atoms with E-state index in [9.17, 15) is 10.1 Å². The lowest BCUT2D eigenvalue weighted by molar-refractivity contribution is -0.384. The number of nitro groups is 1. The second-order valence-corrected chi connectivity index (χ2v) is 4.34. The number of aromatic nitrogens is 2. The zero-order valence-electron chi connectivity index (χ0n) is 11.6. The second kappa shape index (κ2) is 6.62. The third-order valence-electron chi connectivity index (χ3n) is 2.98. The number of hydrazine groups is 1. The van der Waals surface area contributed by atoms with Crippen LogP contribution >= 0.6 is 0 Å². The lowest BCUT2D eigenvalue weighted by Crippen LogP contribution is -2.24. The van der Waals surface area contributed by atoms with Gasteiger partial charge in [-0.15, -0.1) is 0 Å². The molecule has 110 valence electrons. The highest BCUT2D eigenvalue weighted by atomic mass is 16.6. The van der Waals surface area contributed by atoms with Crippen molar-refractivity contribution in [3.05, 3.63) is 52.3 Å². The molecule has 0 radical (unpaired) electrons. The molecule has 0 saturated carbocycles. The normalized spacial score (nSPS) is 10.2. The van der Waals surface area contributed by atoms with Gasteiger partial charge < -0.3 is 10.3 Å². The lowest BCUT2D eigenvalue weighted by atomic mass is 10.2. The molecule has 8 heteroatoms. The average Bonchev–Trinajstić information content (AvgIpc) is 2.53. The number of hydrogen-bond donors (Lipinski definition) is 2. The number of rotatable bonds is 6. The molecule has 0 atom stereocenters. The summed E-state index contributed by atoms with van der Waals surface area (Å²) in [6.07, 6.45) is 3.41. The van der Waals surface area contributed by atoms with Crippen molar-refractivity contribution in [1.29, 1.82) is 0 Å². The number of anilines is 2. The Morgan fingerprint density at radius 2 is 2.10 bits per heavy atom. The van der Waals surface area contributed by atoms with Crippen LogP contribution in [0, 0.1) is 10.1 Å². The zero-order chi connectivity index (χ0) is 15.2. The lowest BCUT2D eigenvalue weighted by Gasteiger charge is -2.22. The number of nitrogens with one attached hydrogen (secondary N) is 1. The van der Waals surface area contributed by atoms with E-state index in [-0.39, 0.29) is 11.5 Å². The average molecular weight is 288 g/mol. The van der Waals surface area contributed by atoms with Crippen molar-refractivity contribution >= 4 is 17.3 Å². The highest BCUT2D eigenvalue weighted by Crippen LogP contribution is 2.24. The van der Waals surface area contributed by atoms with E-state index in [0.717, 1.165) is 5.56 Å². The Morgan fingerprint density at radius 3 is 2.67 bits per heavy atom. The van der Waals surface area contributed by atoms with Crippen LogP contribution in [0.2, 0.25) is 0 Å². The molecule has 0 unspecified atom stereocenters. The first-order chi connectivity index (χ1) is 10.1. The molecule has 0 aliphatic heterocycles. The minimum absolute atomic E-state index is 0.0545. The van der Waals surface area contributed by atoms with Gasteiger partial charge in [-0.2, -0.15) is 0 Å². The highest BCUT2D eigenvalue weighted by molar-refractivity contribution is 5.55. The van der Waals surface area contributed by atoms with Crippen LogP contribution in [-0.4, -0.2) is 21.4 Å². The summed E-state index contributed by atoms with van der Waals surface area (Å²) in [5, 5.41) is 11.0. The van der Waals surface area contributed by atoms with Crippen LogP contribution in [0.15, 0.2) is 36.7 Å². The molecule has 0 aliphatic carbocycles. The minimum Gasteiger partial charge on any atom is -0.352 e. The summed E-state index contributed by atoms with van der Waals surface area (Å²) in [4.78, 5) is 20.7. The van der Waals surface area contributed by atoms with Crippen molar-refractivity contribution in [2.45, 2.75) is 13.5 Å². The van der Waals surface area contributed by atoms with Gasteiger partial charge in [0.1, 0.15) is 11.6 Å². The molecule has 0 saturated heterocycles. The molecule has 0 amide bonds. The molecule has 8 nitrogen and oxygen atoms in total. The van der Waals surface area contributed by atoms with E-state index in [1.807, 2.05) is 24.0 Å². The highest BCUT2D eigenvalue weighted by Gasteiger charge is 2.15. The first-order valence-corrected chi connectivity index (χ1v) is 6.41. The number of nitrogens with zero attached hydrogens (tertiary/aromatic N) is 4. The molecule has 0 spiro atoms. The summed E-state index contributed by atoms with van der Waals surface area (Å²) in [5.41, 5.74) is 3.34. The van der Waals surface area contributed by atoms with Crippen LogP contribution in [0.25, 0.3) is 0 Å². The Bertz CT molecular complexity index is 619. The van der Waals surface area contributed by atoms with E-state index in [1.165, 1.54) is 12.1 Å². The van der Waals surface area contributed by atoms with Crippen molar-refractivity contribution in [1.82, 2.24) is 9.97 Å². The summed E-state index contributed by atoms with van der Waals surface area (Å²) in [6, 6.07) is 6.51. The molecule has 2 rings (SSSR count). The SMILES string of the molecule is CCN(Cc1ccncc1)c1cc([N+](=O)[O-])cc(NN)n1. The van der Waals surface area contributed by atoms with E-state index in [0.29, 0.717) is 18.9 Å². The summed E-state index contributed by atoms with van der Waals surface area (Å²) in [6.45, 7) is 3.19. The standard InChI is InChI=1S/C13H16N6O2/c1-2-18(9-10-3-5-15-6-4-10)13-8-11(19(20)21)7-12(16-13)17-14/h3-8H,2,9,14H2,1H3,(H,16,17). The molecule has 2 aromatic heterocycles. The number of pyridine rings is 2. The van der Waals surface area contributed by atoms with Gasteiger partial charge in [0.25, 0.3) is 5.69 Å². The van der Waals surface area contributed by atoms with Crippen LogP contribution in [-0.2, 0) is 6.54 Å². The van der Waals surface area contributed by atoms with Gasteiger partial charge in [0.05, 0.1) is 17.1 Å². The smallest absolute Gasteiger partial charge is 0.276 e. The van der Waals surface area contributed by atoms with Crippen molar-refractivity contribution in [2.75, 3.05) is 16.9 Å². The van der Waals surface area contributed by atoms with Gasteiger partial charge in [-0.05, 0) is 24.6 Å². The first-order valence-electron chi connectivity index (χ1n) is 6.41. The second-order valence-electron chi connectivity index (χ2n) is 4.34. The van der Waals surface area contributed by atoms with Crippen molar-refractivity contribution < 1.29 is 4.92 Å². The van der Waals surface area contributed by atoms with Gasteiger partial charge >= 0.3 is 0 Å². The third kappa shape index (κ3) is 3.63. The van der Waals surface area contributed by atoms with Crippen molar-refractivity contribution in [2.24, 2.45) is 5.84 Å². The van der Waals surface area contributed by atoms with Crippen LogP contribution in [0.1, 0.15) is 12.5 Å². The van der Waals surface area contributed by atoms with Crippen LogP contribution in [0.5, 0.6) is 0 Å². The number of nitrogens with two attached hydrogens (primary N) is 1. The molecule has 0 bridgehead atoms. The van der Waals surface area contributed by atoms with Gasteiger partial charge in [0.15, 0.2) is 0 Å². The zero-order valence-corrected chi connectivity index (χ0v) is 11.6. The molecule has 2 heterocycles. The molecule has 3 N–H and O–H groups in total. The summed E-state index contributed by atoms with van der Waals surface area (Å²) >= 11 is 0. The van der Waals surface area contributed by atoms with Gasteiger partial charge in [0, 0.05) is 25.5 Å². The fraction of sp³-hybridized carbons (Fsp3) is 0.231. The van der Waals surface area contributed by atoms with Gasteiger partial charge in [-0.25, -0.2) is 10.8 Å². The topological polar surface area (TPSA) is 110 Å². The first kappa shape index (κ1) is 14.7. The Hall–Kier alpha value is -2.74. The molecular weight excluding hydrogens is 272 g/mol. The summed E-state index contributed by atoms with van der Waals surface area (Å²) in [5.74, 6) is 6.07. The predicted octanol–water partition coefficient (Wildman–Crippen LogP) is 1.70. The van der Waals surface area contributed by atoms with Crippen molar-refractivity contribution in [3.63, 3.8) is 0 Å².